The van der Waals surface area contributed by atoms with E-state index in [1.165, 1.54) is 0 Å². The topological polar surface area (TPSA) is 79.3 Å². The fourth-order valence-corrected chi connectivity index (χ4v) is 2.77. The number of nitrogens with one attached hydrogen (secondary N) is 2. The number of hydrogen-bond donors (Lipinski definition) is 2. The van der Waals surface area contributed by atoms with Crippen LogP contribution in [0.15, 0.2) is 12.3 Å². The van der Waals surface area contributed by atoms with Crippen LogP contribution in [0.5, 0.6) is 0 Å². The van der Waals surface area contributed by atoms with Crippen LogP contribution in [0.1, 0.15) is 47.5 Å². The molecule has 1 atom stereocenters. The van der Waals surface area contributed by atoms with E-state index in [9.17, 15) is 9.59 Å². The van der Waals surface area contributed by atoms with E-state index in [0.717, 1.165) is 12.8 Å². The lowest BCUT2D eigenvalue weighted by atomic mass is 9.97. The predicted molar refractivity (Wildman–Crippen MR) is 98.4 cm³/mol. The normalized spacial score (nSPS) is 18.3. The van der Waals surface area contributed by atoms with Crippen molar-refractivity contribution in [1.29, 1.82) is 0 Å². The summed E-state index contributed by atoms with van der Waals surface area (Å²) in [5.41, 5.74) is -0.126. The highest BCUT2D eigenvalue weighted by atomic mass is 16.2. The van der Waals surface area contributed by atoms with E-state index in [1.807, 2.05) is 10.9 Å². The van der Waals surface area contributed by atoms with Crippen molar-refractivity contribution in [1.82, 2.24) is 20.0 Å². The number of aromatic nitrogens is 2. The molecule has 2 heterocycles. The van der Waals surface area contributed by atoms with Crippen LogP contribution in [0.2, 0.25) is 0 Å². The number of anilines is 1. The van der Waals surface area contributed by atoms with Crippen LogP contribution in [0, 0.1) is 11.8 Å². The van der Waals surface area contributed by atoms with Gasteiger partial charge in [0.1, 0.15) is 0 Å². The summed E-state index contributed by atoms with van der Waals surface area (Å²) >= 11 is 0. The van der Waals surface area contributed by atoms with E-state index < -0.39 is 0 Å². The molecule has 1 aliphatic rings. The monoisotopic (exact) mass is 349 g/mol. The van der Waals surface area contributed by atoms with Crippen LogP contribution in [0.25, 0.3) is 0 Å². The summed E-state index contributed by atoms with van der Waals surface area (Å²) in [6, 6.07) is 1.72. The molecular formula is C18H31N5O2. The minimum atomic E-state index is -0.196. The quantitative estimate of drug-likeness (QED) is 0.877. The Morgan fingerprint density at radius 2 is 2.08 bits per heavy atom. The minimum Gasteiger partial charge on any atom is -0.338 e. The maximum Gasteiger partial charge on any atom is 0.317 e. The van der Waals surface area contributed by atoms with Crippen LogP contribution < -0.4 is 10.6 Å². The SMILES string of the molecule is CC(C)CNC(=O)N1CCCC(C(=O)Nc2ccn(C(C)(C)C)n2)C1. The van der Waals surface area contributed by atoms with Crippen molar-refractivity contribution in [2.45, 2.75) is 53.0 Å². The van der Waals surface area contributed by atoms with Crippen molar-refractivity contribution >= 4 is 17.8 Å². The van der Waals surface area contributed by atoms with Gasteiger partial charge in [-0.3, -0.25) is 9.48 Å². The van der Waals surface area contributed by atoms with Crippen molar-refractivity contribution in [3.63, 3.8) is 0 Å². The molecule has 1 saturated heterocycles. The van der Waals surface area contributed by atoms with Gasteiger partial charge in [0, 0.05) is 31.9 Å². The Morgan fingerprint density at radius 3 is 2.68 bits per heavy atom. The summed E-state index contributed by atoms with van der Waals surface area (Å²) in [4.78, 5) is 26.5. The van der Waals surface area contributed by atoms with Crippen molar-refractivity contribution in [2.75, 3.05) is 25.0 Å². The molecule has 1 aliphatic heterocycles. The summed E-state index contributed by atoms with van der Waals surface area (Å²) in [7, 11) is 0. The molecular weight excluding hydrogens is 318 g/mol. The molecule has 3 amide bonds. The number of nitrogens with zero attached hydrogens (tertiary/aromatic N) is 3. The van der Waals surface area contributed by atoms with Crippen LogP contribution in [0.3, 0.4) is 0 Å². The Hall–Kier alpha value is -2.05. The Morgan fingerprint density at radius 1 is 1.36 bits per heavy atom. The van der Waals surface area contributed by atoms with Gasteiger partial charge >= 0.3 is 6.03 Å². The molecule has 0 aromatic carbocycles. The molecule has 1 aromatic heterocycles. The van der Waals surface area contributed by atoms with Crippen molar-refractivity contribution < 1.29 is 9.59 Å². The summed E-state index contributed by atoms with van der Waals surface area (Å²) < 4.78 is 1.83. The number of urea groups is 1. The van der Waals surface area contributed by atoms with Gasteiger partial charge in [-0.1, -0.05) is 13.8 Å². The van der Waals surface area contributed by atoms with Gasteiger partial charge in [0.15, 0.2) is 5.82 Å². The first kappa shape index (κ1) is 19.3. The maximum atomic E-state index is 12.5. The molecule has 0 saturated carbocycles. The molecule has 25 heavy (non-hydrogen) atoms. The molecule has 7 nitrogen and oxygen atoms in total. The molecule has 1 unspecified atom stereocenters. The highest BCUT2D eigenvalue weighted by Gasteiger charge is 2.29. The molecule has 1 aromatic rings. The van der Waals surface area contributed by atoms with Crippen LogP contribution in [-0.2, 0) is 10.3 Å². The molecule has 2 rings (SSSR count). The van der Waals surface area contributed by atoms with Gasteiger partial charge in [-0.2, -0.15) is 5.10 Å². The number of carbonyl (C=O) groups is 2. The average Bonchev–Trinajstić information content (AvgIpc) is 3.01. The molecule has 1 fully saturated rings. The summed E-state index contributed by atoms with van der Waals surface area (Å²) in [6.45, 7) is 12.1. The first-order valence-corrected chi connectivity index (χ1v) is 9.06. The van der Waals surface area contributed by atoms with E-state index in [0.29, 0.717) is 31.4 Å². The summed E-state index contributed by atoms with van der Waals surface area (Å²) in [6.07, 6.45) is 3.49. The van der Waals surface area contributed by atoms with Gasteiger partial charge in [-0.25, -0.2) is 4.79 Å². The molecule has 0 spiro atoms. The largest absolute Gasteiger partial charge is 0.338 e. The second-order valence-corrected chi connectivity index (χ2v) is 8.17. The zero-order valence-corrected chi connectivity index (χ0v) is 16.0. The van der Waals surface area contributed by atoms with E-state index >= 15 is 0 Å². The fraction of sp³-hybridized carbons (Fsp3) is 0.722. The average molecular weight is 349 g/mol. The predicted octanol–water partition coefficient (Wildman–Crippen LogP) is 2.65. The highest BCUT2D eigenvalue weighted by molar-refractivity contribution is 5.92. The fourth-order valence-electron chi connectivity index (χ4n) is 2.77. The molecule has 0 radical (unpaired) electrons. The van der Waals surface area contributed by atoms with E-state index in [-0.39, 0.29) is 23.4 Å². The van der Waals surface area contributed by atoms with Crippen LogP contribution >= 0.6 is 0 Å². The van der Waals surface area contributed by atoms with Gasteiger partial charge < -0.3 is 15.5 Å². The zero-order valence-electron chi connectivity index (χ0n) is 16.0. The number of hydrogen-bond acceptors (Lipinski definition) is 3. The number of piperidine rings is 1. The molecule has 7 heteroatoms. The van der Waals surface area contributed by atoms with Gasteiger partial charge in [-0.15, -0.1) is 0 Å². The highest BCUT2D eigenvalue weighted by Crippen LogP contribution is 2.20. The van der Waals surface area contributed by atoms with E-state index in [2.05, 4.69) is 50.4 Å². The number of carbonyl (C=O) groups excluding carboxylic acids is 2. The van der Waals surface area contributed by atoms with Crippen LogP contribution in [-0.4, -0.2) is 46.3 Å². The molecule has 2 N–H and O–H groups in total. The van der Waals surface area contributed by atoms with Crippen LogP contribution in [0.4, 0.5) is 10.6 Å². The van der Waals surface area contributed by atoms with Crippen molar-refractivity contribution in [3.8, 4) is 0 Å². The molecule has 140 valence electrons. The van der Waals surface area contributed by atoms with E-state index in [4.69, 9.17) is 0 Å². The summed E-state index contributed by atoms with van der Waals surface area (Å²) in [5.74, 6) is 0.700. The van der Waals surface area contributed by atoms with Gasteiger partial charge in [-0.05, 0) is 39.5 Å². The van der Waals surface area contributed by atoms with E-state index in [1.54, 1.807) is 11.0 Å². The third-order valence-corrected chi connectivity index (χ3v) is 4.27. The number of amides is 3. The maximum absolute atomic E-state index is 12.5. The number of rotatable bonds is 4. The Balaban J connectivity index is 1.91. The summed E-state index contributed by atoms with van der Waals surface area (Å²) in [5, 5.41) is 10.2. The first-order chi connectivity index (χ1) is 11.7. The molecule has 0 bridgehead atoms. The van der Waals surface area contributed by atoms with Gasteiger partial charge in [0.05, 0.1) is 11.5 Å². The minimum absolute atomic E-state index is 0.0690. The Bertz CT molecular complexity index is 603. The van der Waals surface area contributed by atoms with Gasteiger partial charge in [0.25, 0.3) is 0 Å². The van der Waals surface area contributed by atoms with Crippen molar-refractivity contribution in [3.05, 3.63) is 12.3 Å². The Labute approximate surface area is 150 Å². The third-order valence-electron chi connectivity index (χ3n) is 4.27. The Kier molecular flexibility index (Phi) is 6.08. The standard InChI is InChI=1S/C18H31N5O2/c1-13(2)11-19-17(25)22-9-6-7-14(12-22)16(24)20-15-8-10-23(21-15)18(3,4)5/h8,10,13-14H,6-7,9,11-12H2,1-5H3,(H,19,25)(H,20,21,24). The second-order valence-electron chi connectivity index (χ2n) is 8.17. The van der Waals surface area contributed by atoms with Gasteiger partial charge in [0.2, 0.25) is 5.91 Å². The zero-order chi connectivity index (χ0) is 18.6. The lowest BCUT2D eigenvalue weighted by Crippen LogP contribution is -2.48. The lowest BCUT2D eigenvalue weighted by Gasteiger charge is -2.32. The lowest BCUT2D eigenvalue weighted by molar-refractivity contribution is -0.121. The smallest absolute Gasteiger partial charge is 0.317 e. The van der Waals surface area contributed by atoms with Crippen molar-refractivity contribution in [2.24, 2.45) is 11.8 Å². The molecule has 0 aliphatic carbocycles. The number of likely N-dealkylation sites (tertiary alicyclic amines) is 1. The first-order valence-electron chi connectivity index (χ1n) is 9.06. The third kappa shape index (κ3) is 5.47. The second kappa shape index (κ2) is 7.89.